The predicted octanol–water partition coefficient (Wildman–Crippen LogP) is 5.19. The SMILES string of the molecule is CCCCCCC(CCCCC)c1nc(O)sc1O. The van der Waals surface area contributed by atoms with Crippen LogP contribution in [0.25, 0.3) is 0 Å². The largest absolute Gasteiger partial charge is 0.498 e. The lowest BCUT2D eigenvalue weighted by Crippen LogP contribution is -2.00. The molecule has 1 atom stereocenters. The van der Waals surface area contributed by atoms with Crippen LogP contribution in [-0.4, -0.2) is 15.2 Å². The number of aromatic nitrogens is 1. The number of rotatable bonds is 10. The molecule has 0 aliphatic carbocycles. The first kappa shape index (κ1) is 16.3. The smallest absolute Gasteiger partial charge is 0.274 e. The molecule has 4 heteroatoms. The Labute approximate surface area is 120 Å². The molecular formula is C15H27NO2S. The van der Waals surface area contributed by atoms with Gasteiger partial charge in [0.25, 0.3) is 5.19 Å². The highest BCUT2D eigenvalue weighted by molar-refractivity contribution is 7.15. The van der Waals surface area contributed by atoms with Gasteiger partial charge in [0.1, 0.15) is 5.69 Å². The Morgan fingerprint density at radius 1 is 0.947 bits per heavy atom. The van der Waals surface area contributed by atoms with E-state index < -0.39 is 0 Å². The highest BCUT2D eigenvalue weighted by Crippen LogP contribution is 2.39. The molecule has 0 saturated carbocycles. The third-order valence-corrected chi connectivity index (χ3v) is 4.25. The second-order valence-corrected chi connectivity index (χ2v) is 6.18. The molecule has 1 aromatic rings. The van der Waals surface area contributed by atoms with Crippen LogP contribution in [0.15, 0.2) is 0 Å². The van der Waals surface area contributed by atoms with E-state index in [-0.39, 0.29) is 10.3 Å². The summed E-state index contributed by atoms with van der Waals surface area (Å²) in [6.45, 7) is 4.41. The van der Waals surface area contributed by atoms with E-state index in [1.165, 1.54) is 44.9 Å². The van der Waals surface area contributed by atoms with Gasteiger partial charge in [-0.1, -0.05) is 58.8 Å². The molecule has 0 aromatic carbocycles. The highest BCUT2D eigenvalue weighted by Gasteiger charge is 2.20. The first-order valence-electron chi connectivity index (χ1n) is 7.57. The lowest BCUT2D eigenvalue weighted by Gasteiger charge is -2.14. The summed E-state index contributed by atoms with van der Waals surface area (Å²) in [4.78, 5) is 4.11. The minimum absolute atomic E-state index is 0.0125. The standard InChI is InChI=1S/C15H27NO2S/c1-3-5-7-9-11-12(10-8-6-4-2)13-14(17)19-15(18)16-13/h12,17H,3-11H2,1-2H3,(H,16,18). The zero-order chi connectivity index (χ0) is 14.1. The van der Waals surface area contributed by atoms with Crippen LogP contribution in [0.4, 0.5) is 0 Å². The van der Waals surface area contributed by atoms with Crippen molar-refractivity contribution in [3.8, 4) is 10.3 Å². The Hall–Kier alpha value is -0.770. The van der Waals surface area contributed by atoms with Gasteiger partial charge in [0.05, 0.1) is 0 Å². The number of unbranched alkanes of at least 4 members (excludes halogenated alkanes) is 5. The van der Waals surface area contributed by atoms with Crippen LogP contribution in [0.2, 0.25) is 0 Å². The quantitative estimate of drug-likeness (QED) is 0.582. The van der Waals surface area contributed by atoms with Gasteiger partial charge in [-0.25, -0.2) is 4.98 Å². The van der Waals surface area contributed by atoms with E-state index in [0.717, 1.165) is 29.9 Å². The fourth-order valence-electron chi connectivity index (χ4n) is 2.45. The van der Waals surface area contributed by atoms with E-state index in [0.29, 0.717) is 5.92 Å². The van der Waals surface area contributed by atoms with Crippen molar-refractivity contribution in [1.29, 1.82) is 0 Å². The van der Waals surface area contributed by atoms with Gasteiger partial charge < -0.3 is 10.2 Å². The van der Waals surface area contributed by atoms with Crippen molar-refractivity contribution in [2.24, 2.45) is 0 Å². The molecule has 0 fully saturated rings. The lowest BCUT2D eigenvalue weighted by molar-refractivity contribution is 0.438. The summed E-state index contributed by atoms with van der Waals surface area (Å²) < 4.78 is 0. The topological polar surface area (TPSA) is 53.4 Å². The van der Waals surface area contributed by atoms with Gasteiger partial charge in [-0.05, 0) is 24.2 Å². The van der Waals surface area contributed by atoms with E-state index in [2.05, 4.69) is 18.8 Å². The number of aromatic hydroxyl groups is 2. The maximum atomic E-state index is 9.86. The molecule has 19 heavy (non-hydrogen) atoms. The number of hydrogen-bond acceptors (Lipinski definition) is 4. The molecule has 0 bridgehead atoms. The van der Waals surface area contributed by atoms with E-state index in [4.69, 9.17) is 0 Å². The van der Waals surface area contributed by atoms with Crippen LogP contribution in [0.5, 0.6) is 10.3 Å². The maximum Gasteiger partial charge on any atom is 0.274 e. The molecule has 1 heterocycles. The molecule has 0 saturated heterocycles. The van der Waals surface area contributed by atoms with E-state index >= 15 is 0 Å². The number of thiazole rings is 1. The number of hydrogen-bond donors (Lipinski definition) is 2. The Morgan fingerprint density at radius 2 is 1.53 bits per heavy atom. The van der Waals surface area contributed by atoms with Gasteiger partial charge >= 0.3 is 0 Å². The van der Waals surface area contributed by atoms with Crippen molar-refractivity contribution in [1.82, 2.24) is 4.98 Å². The molecule has 0 amide bonds. The van der Waals surface area contributed by atoms with Gasteiger partial charge in [-0.2, -0.15) is 0 Å². The van der Waals surface area contributed by atoms with Crippen LogP contribution < -0.4 is 0 Å². The fraction of sp³-hybridized carbons (Fsp3) is 0.800. The van der Waals surface area contributed by atoms with Gasteiger partial charge in [0, 0.05) is 5.92 Å². The molecule has 0 aliphatic rings. The Bertz CT molecular complexity index is 352. The second kappa shape index (κ2) is 9.18. The Balaban J connectivity index is 2.55. The lowest BCUT2D eigenvalue weighted by atomic mass is 9.92. The first-order chi connectivity index (χ1) is 9.19. The minimum Gasteiger partial charge on any atom is -0.498 e. The Morgan fingerprint density at radius 3 is 2.05 bits per heavy atom. The minimum atomic E-state index is -0.0125. The molecule has 0 aliphatic heterocycles. The van der Waals surface area contributed by atoms with Crippen LogP contribution >= 0.6 is 11.3 Å². The van der Waals surface area contributed by atoms with Gasteiger partial charge in [-0.3, -0.25) is 0 Å². The van der Waals surface area contributed by atoms with Crippen molar-refractivity contribution >= 4 is 11.3 Å². The molecule has 1 unspecified atom stereocenters. The Kier molecular flexibility index (Phi) is 7.87. The van der Waals surface area contributed by atoms with E-state index in [1.54, 1.807) is 0 Å². The summed E-state index contributed by atoms with van der Waals surface area (Å²) in [5, 5.41) is 19.5. The maximum absolute atomic E-state index is 9.86. The average Bonchev–Trinajstić information content (AvgIpc) is 2.71. The van der Waals surface area contributed by atoms with Crippen LogP contribution in [-0.2, 0) is 0 Å². The summed E-state index contributed by atoms with van der Waals surface area (Å²) in [6, 6.07) is 0. The molecule has 0 spiro atoms. The van der Waals surface area contributed by atoms with E-state index in [1.807, 2.05) is 0 Å². The molecule has 2 N–H and O–H groups in total. The van der Waals surface area contributed by atoms with Crippen molar-refractivity contribution in [2.45, 2.75) is 77.6 Å². The summed E-state index contributed by atoms with van der Waals surface area (Å²) >= 11 is 0.980. The van der Waals surface area contributed by atoms with E-state index in [9.17, 15) is 10.2 Å². The molecule has 110 valence electrons. The molecule has 1 rings (SSSR count). The first-order valence-corrected chi connectivity index (χ1v) is 8.39. The summed E-state index contributed by atoms with van der Waals surface area (Å²) in [5.41, 5.74) is 0.718. The monoisotopic (exact) mass is 285 g/mol. The average molecular weight is 285 g/mol. The van der Waals surface area contributed by atoms with Crippen molar-refractivity contribution in [3.05, 3.63) is 5.69 Å². The van der Waals surface area contributed by atoms with Crippen LogP contribution in [0.1, 0.15) is 83.2 Å². The highest BCUT2D eigenvalue weighted by atomic mass is 32.1. The molecule has 1 aromatic heterocycles. The van der Waals surface area contributed by atoms with Crippen LogP contribution in [0.3, 0.4) is 0 Å². The van der Waals surface area contributed by atoms with Crippen molar-refractivity contribution in [2.75, 3.05) is 0 Å². The van der Waals surface area contributed by atoms with Crippen molar-refractivity contribution < 1.29 is 10.2 Å². The molecule has 3 nitrogen and oxygen atoms in total. The second-order valence-electron chi connectivity index (χ2n) is 5.23. The third-order valence-electron chi connectivity index (χ3n) is 3.57. The molecule has 0 radical (unpaired) electrons. The van der Waals surface area contributed by atoms with Crippen molar-refractivity contribution in [3.63, 3.8) is 0 Å². The summed E-state index contributed by atoms with van der Waals surface area (Å²) in [7, 11) is 0. The summed E-state index contributed by atoms with van der Waals surface area (Å²) in [6.07, 6.45) is 10.7. The predicted molar refractivity (Wildman–Crippen MR) is 81.1 cm³/mol. The van der Waals surface area contributed by atoms with Gasteiger partial charge in [0.2, 0.25) is 0 Å². The zero-order valence-corrected chi connectivity index (χ0v) is 13.0. The normalized spacial score (nSPS) is 12.7. The van der Waals surface area contributed by atoms with Crippen LogP contribution in [0, 0.1) is 0 Å². The zero-order valence-electron chi connectivity index (χ0n) is 12.2. The summed E-state index contributed by atoms with van der Waals surface area (Å²) in [5.74, 6) is 0.306. The van der Waals surface area contributed by atoms with Gasteiger partial charge in [0.15, 0.2) is 5.06 Å². The van der Waals surface area contributed by atoms with Gasteiger partial charge in [-0.15, -0.1) is 0 Å². The fourth-order valence-corrected chi connectivity index (χ4v) is 3.09. The number of nitrogens with zero attached hydrogens (tertiary/aromatic N) is 1. The third kappa shape index (κ3) is 5.81. The molecular weight excluding hydrogens is 258 g/mol.